The lowest BCUT2D eigenvalue weighted by molar-refractivity contribution is -0.386. The number of carbonyl (C=O) groups is 1. The first-order valence-corrected chi connectivity index (χ1v) is 8.05. The molecule has 0 saturated heterocycles. The van der Waals surface area contributed by atoms with Crippen molar-refractivity contribution in [2.45, 2.75) is 26.1 Å². The van der Waals surface area contributed by atoms with Crippen molar-refractivity contribution in [1.82, 2.24) is 4.98 Å². The number of esters is 1. The molecule has 1 aromatic heterocycles. The van der Waals surface area contributed by atoms with Crippen molar-refractivity contribution < 1.29 is 41.5 Å². The third-order valence-electron chi connectivity index (χ3n) is 3.40. The summed E-state index contributed by atoms with van der Waals surface area (Å²) in [7, 11) is 0. The van der Waals surface area contributed by atoms with Crippen LogP contribution in [0.2, 0.25) is 0 Å². The number of aromatic nitrogens is 1. The number of pyridine rings is 1. The molecule has 156 valence electrons. The predicted octanol–water partition coefficient (Wildman–Crippen LogP) is 4.27. The zero-order valence-electron chi connectivity index (χ0n) is 15.0. The Morgan fingerprint density at radius 3 is 2.55 bits per heavy atom. The second-order valence-corrected chi connectivity index (χ2v) is 5.51. The quantitative estimate of drug-likeness (QED) is 0.286. The van der Waals surface area contributed by atoms with E-state index in [1.807, 2.05) is 0 Å². The topological polar surface area (TPSA) is 101 Å². The lowest BCUT2D eigenvalue weighted by Gasteiger charge is -2.14. The number of nitrogens with zero attached hydrogens (tertiary/aromatic N) is 2. The highest BCUT2D eigenvalue weighted by Crippen LogP contribution is 2.35. The minimum Gasteiger partial charge on any atom is -0.472 e. The molecule has 12 heteroatoms. The van der Waals surface area contributed by atoms with Gasteiger partial charge in [-0.15, -0.1) is 0 Å². The van der Waals surface area contributed by atoms with Crippen LogP contribution in [0.15, 0.2) is 30.5 Å². The van der Waals surface area contributed by atoms with Gasteiger partial charge in [-0.3, -0.25) is 10.1 Å². The smallest absolute Gasteiger partial charge is 0.417 e. The van der Waals surface area contributed by atoms with Gasteiger partial charge in [0.1, 0.15) is 5.75 Å². The maximum absolute atomic E-state index is 13.9. The number of carbonyl (C=O) groups excluding carboxylic acids is 1. The lowest BCUT2D eigenvalue weighted by Crippen LogP contribution is -2.26. The molecule has 1 atom stereocenters. The largest absolute Gasteiger partial charge is 0.472 e. The van der Waals surface area contributed by atoms with Gasteiger partial charge < -0.3 is 14.2 Å². The second-order valence-electron chi connectivity index (χ2n) is 5.51. The molecule has 0 fully saturated rings. The molecule has 1 heterocycles. The van der Waals surface area contributed by atoms with Crippen molar-refractivity contribution in [1.29, 1.82) is 0 Å². The van der Waals surface area contributed by atoms with Gasteiger partial charge in [0.25, 0.3) is 5.88 Å². The molecule has 0 aliphatic carbocycles. The van der Waals surface area contributed by atoms with Gasteiger partial charge in [-0.25, -0.2) is 14.2 Å². The summed E-state index contributed by atoms with van der Waals surface area (Å²) in [6, 6.07) is 3.21. The number of alkyl halides is 3. The average Bonchev–Trinajstić information content (AvgIpc) is 2.62. The number of rotatable bonds is 7. The molecule has 2 rings (SSSR count). The minimum absolute atomic E-state index is 0.0661. The average molecular weight is 418 g/mol. The van der Waals surface area contributed by atoms with E-state index in [9.17, 15) is 32.5 Å². The molecule has 0 amide bonds. The lowest BCUT2D eigenvalue weighted by atomic mass is 10.2. The minimum atomic E-state index is -4.79. The standard InChI is InChI=1S/C17H14F4N2O6/c1-3-27-16(24)9(2)28-14-7-11(4-5-13(14)23(25)26)29-15-12(18)6-10(8-22-15)17(19,20)21/h4-9H,3H2,1-2H3. The van der Waals surface area contributed by atoms with Gasteiger partial charge in [0.15, 0.2) is 11.9 Å². The first kappa shape index (κ1) is 21.9. The first-order chi connectivity index (χ1) is 13.5. The monoisotopic (exact) mass is 418 g/mol. The zero-order valence-corrected chi connectivity index (χ0v) is 15.0. The highest BCUT2D eigenvalue weighted by atomic mass is 19.4. The van der Waals surface area contributed by atoms with E-state index >= 15 is 0 Å². The molecule has 0 bridgehead atoms. The molecule has 1 aromatic carbocycles. The molecule has 0 aliphatic rings. The molecule has 1 unspecified atom stereocenters. The molecule has 29 heavy (non-hydrogen) atoms. The van der Waals surface area contributed by atoms with Crippen LogP contribution in [-0.2, 0) is 15.7 Å². The molecule has 0 saturated carbocycles. The van der Waals surface area contributed by atoms with Crippen LogP contribution in [0.5, 0.6) is 17.4 Å². The Labute approximate surface area is 161 Å². The molecular formula is C17H14F4N2O6. The van der Waals surface area contributed by atoms with E-state index in [1.165, 1.54) is 6.92 Å². The van der Waals surface area contributed by atoms with Gasteiger partial charge in [-0.05, 0) is 26.0 Å². The molecule has 8 nitrogen and oxygen atoms in total. The Morgan fingerprint density at radius 1 is 1.31 bits per heavy atom. The van der Waals surface area contributed by atoms with Crippen LogP contribution in [0, 0.1) is 15.9 Å². The van der Waals surface area contributed by atoms with Crippen molar-refractivity contribution in [2.75, 3.05) is 6.61 Å². The van der Waals surface area contributed by atoms with Gasteiger partial charge in [0.2, 0.25) is 5.75 Å². The number of benzene rings is 1. The number of ether oxygens (including phenoxy) is 3. The Balaban J connectivity index is 2.31. The van der Waals surface area contributed by atoms with E-state index < -0.39 is 46.1 Å². The Bertz CT molecular complexity index is 919. The fraction of sp³-hybridized carbons (Fsp3) is 0.294. The van der Waals surface area contributed by atoms with Crippen LogP contribution in [0.4, 0.5) is 23.2 Å². The molecule has 0 N–H and O–H groups in total. The number of nitro groups is 1. The zero-order chi connectivity index (χ0) is 21.8. The van der Waals surface area contributed by atoms with Gasteiger partial charge in [0, 0.05) is 18.3 Å². The van der Waals surface area contributed by atoms with Gasteiger partial charge in [0.05, 0.1) is 17.1 Å². The fourth-order valence-electron chi connectivity index (χ4n) is 2.07. The second kappa shape index (κ2) is 8.71. The van der Waals surface area contributed by atoms with Crippen molar-refractivity contribution >= 4 is 11.7 Å². The molecule has 0 aliphatic heterocycles. The van der Waals surface area contributed by atoms with Crippen LogP contribution in [0.25, 0.3) is 0 Å². The van der Waals surface area contributed by atoms with Crippen LogP contribution < -0.4 is 9.47 Å². The van der Waals surface area contributed by atoms with E-state index in [0.717, 1.165) is 18.2 Å². The fourth-order valence-corrected chi connectivity index (χ4v) is 2.07. The summed E-state index contributed by atoms with van der Waals surface area (Å²) in [5, 5.41) is 11.1. The summed E-state index contributed by atoms with van der Waals surface area (Å²) < 4.78 is 66.7. The van der Waals surface area contributed by atoms with Crippen molar-refractivity contribution in [2.24, 2.45) is 0 Å². The van der Waals surface area contributed by atoms with Gasteiger partial charge >= 0.3 is 17.8 Å². The Morgan fingerprint density at radius 2 is 2.00 bits per heavy atom. The number of nitro benzene ring substituents is 1. The summed E-state index contributed by atoms with van der Waals surface area (Å²) in [4.78, 5) is 25.3. The van der Waals surface area contributed by atoms with Crippen LogP contribution >= 0.6 is 0 Å². The highest BCUT2D eigenvalue weighted by molar-refractivity contribution is 5.74. The highest BCUT2D eigenvalue weighted by Gasteiger charge is 2.32. The summed E-state index contributed by atoms with van der Waals surface area (Å²) in [5.41, 5.74) is -1.83. The maximum atomic E-state index is 13.9. The third kappa shape index (κ3) is 5.53. The van der Waals surface area contributed by atoms with Crippen molar-refractivity contribution in [3.8, 4) is 17.4 Å². The molecule has 0 spiro atoms. The molecule has 2 aromatic rings. The summed E-state index contributed by atoms with van der Waals surface area (Å²) in [6.07, 6.45) is -5.61. The van der Waals surface area contributed by atoms with E-state index in [1.54, 1.807) is 6.92 Å². The molecule has 0 radical (unpaired) electrons. The normalized spacial score (nSPS) is 12.2. The van der Waals surface area contributed by atoms with Crippen LogP contribution in [0.3, 0.4) is 0 Å². The van der Waals surface area contributed by atoms with Crippen molar-refractivity contribution in [3.63, 3.8) is 0 Å². The Kier molecular flexibility index (Phi) is 6.56. The maximum Gasteiger partial charge on any atom is 0.417 e. The van der Waals surface area contributed by atoms with E-state index in [-0.39, 0.29) is 24.2 Å². The van der Waals surface area contributed by atoms with Crippen molar-refractivity contribution in [3.05, 3.63) is 52.0 Å². The predicted molar refractivity (Wildman–Crippen MR) is 89.1 cm³/mol. The summed E-state index contributed by atoms with van der Waals surface area (Å²) in [6.45, 7) is 2.93. The van der Waals surface area contributed by atoms with Crippen LogP contribution in [-0.4, -0.2) is 28.6 Å². The Hall–Kier alpha value is -3.44. The van der Waals surface area contributed by atoms with E-state index in [4.69, 9.17) is 14.2 Å². The number of hydrogen-bond acceptors (Lipinski definition) is 7. The SMILES string of the molecule is CCOC(=O)C(C)Oc1cc(Oc2ncc(C(F)(F)F)cc2F)ccc1[N+](=O)[O-]. The summed E-state index contributed by atoms with van der Waals surface area (Å²) in [5.74, 6) is -3.55. The first-order valence-electron chi connectivity index (χ1n) is 8.05. The van der Waals surface area contributed by atoms with Gasteiger partial charge in [-0.1, -0.05) is 0 Å². The molecular weight excluding hydrogens is 404 g/mol. The third-order valence-corrected chi connectivity index (χ3v) is 3.40. The number of halogens is 4. The van der Waals surface area contributed by atoms with Crippen LogP contribution in [0.1, 0.15) is 19.4 Å². The van der Waals surface area contributed by atoms with E-state index in [0.29, 0.717) is 6.20 Å². The summed E-state index contributed by atoms with van der Waals surface area (Å²) >= 11 is 0. The van der Waals surface area contributed by atoms with E-state index in [2.05, 4.69) is 4.98 Å². The van der Waals surface area contributed by atoms with Gasteiger partial charge in [-0.2, -0.15) is 13.2 Å². The number of hydrogen-bond donors (Lipinski definition) is 0.